The van der Waals surface area contributed by atoms with Crippen LogP contribution >= 0.6 is 0 Å². The van der Waals surface area contributed by atoms with Gasteiger partial charge in [-0.3, -0.25) is 0 Å². The fraction of sp³-hybridized carbons (Fsp3) is 0.727. The Hall–Kier alpha value is -0.910. The molecule has 1 unspecified atom stereocenters. The molecule has 0 fully saturated rings. The van der Waals surface area contributed by atoms with Crippen LogP contribution in [0.5, 0.6) is 0 Å². The summed E-state index contributed by atoms with van der Waals surface area (Å²) < 4.78 is 12.1. The molecule has 0 saturated heterocycles. The molecule has 5 heteroatoms. The molecule has 0 amide bonds. The molecule has 92 valence electrons. The predicted octanol–water partition coefficient (Wildman–Crippen LogP) is 0.815. The van der Waals surface area contributed by atoms with Crippen molar-refractivity contribution in [2.75, 3.05) is 14.2 Å². The minimum atomic E-state index is -1.10. The van der Waals surface area contributed by atoms with Gasteiger partial charge in [-0.25, -0.2) is 4.98 Å². The summed E-state index contributed by atoms with van der Waals surface area (Å²) in [6.45, 7) is 4.54. The second-order valence-electron chi connectivity index (χ2n) is 3.97. The van der Waals surface area contributed by atoms with Crippen molar-refractivity contribution in [1.82, 2.24) is 9.55 Å². The summed E-state index contributed by atoms with van der Waals surface area (Å²) in [7, 11) is 3.02. The minimum Gasteiger partial charge on any atom is -0.384 e. The Morgan fingerprint density at radius 3 is 2.62 bits per heavy atom. The normalized spacial score (nSPS) is 15.4. The van der Waals surface area contributed by atoms with Crippen LogP contribution in [0.2, 0.25) is 0 Å². The first-order valence-electron chi connectivity index (χ1n) is 5.33. The molecule has 0 spiro atoms. The van der Waals surface area contributed by atoms with Crippen molar-refractivity contribution in [3.05, 3.63) is 18.2 Å². The Bertz CT molecular complexity index is 319. The van der Waals surface area contributed by atoms with Crippen LogP contribution in [0.25, 0.3) is 0 Å². The number of rotatable bonds is 6. The van der Waals surface area contributed by atoms with Crippen LogP contribution in [0.15, 0.2) is 12.4 Å². The molecular weight excluding hydrogens is 208 g/mol. The van der Waals surface area contributed by atoms with Crippen molar-refractivity contribution in [3.63, 3.8) is 0 Å². The molecule has 16 heavy (non-hydrogen) atoms. The zero-order valence-electron chi connectivity index (χ0n) is 10.3. The Kier molecular flexibility index (Phi) is 4.46. The van der Waals surface area contributed by atoms with E-state index in [2.05, 4.69) is 4.98 Å². The highest BCUT2D eigenvalue weighted by molar-refractivity contribution is 4.98. The van der Waals surface area contributed by atoms with Crippen LogP contribution in [0.3, 0.4) is 0 Å². The molecule has 0 aliphatic carbocycles. The first-order valence-corrected chi connectivity index (χ1v) is 5.33. The lowest BCUT2D eigenvalue weighted by Gasteiger charge is -2.30. The number of nitrogens with zero attached hydrogens (tertiary/aromatic N) is 2. The largest absolute Gasteiger partial charge is 0.384 e. The van der Waals surface area contributed by atoms with Crippen LogP contribution in [-0.2, 0) is 22.4 Å². The van der Waals surface area contributed by atoms with E-state index in [-0.39, 0.29) is 0 Å². The van der Waals surface area contributed by atoms with Crippen LogP contribution in [-0.4, -0.2) is 40.8 Å². The Balaban J connectivity index is 2.79. The van der Waals surface area contributed by atoms with Gasteiger partial charge >= 0.3 is 0 Å². The van der Waals surface area contributed by atoms with E-state index < -0.39 is 11.9 Å². The predicted molar refractivity (Wildman–Crippen MR) is 60.0 cm³/mol. The summed E-state index contributed by atoms with van der Waals surface area (Å²) in [6.07, 6.45) is 3.35. The second kappa shape index (κ2) is 5.43. The zero-order chi connectivity index (χ0) is 12.2. The minimum absolute atomic E-state index is 0.389. The van der Waals surface area contributed by atoms with Gasteiger partial charge in [-0.2, -0.15) is 0 Å². The van der Waals surface area contributed by atoms with Gasteiger partial charge in [0.1, 0.15) is 11.4 Å². The van der Waals surface area contributed by atoms with Crippen LogP contribution in [0.1, 0.15) is 19.7 Å². The Morgan fingerprint density at radius 1 is 1.50 bits per heavy atom. The number of aryl methyl sites for hydroxylation is 1. The van der Waals surface area contributed by atoms with Gasteiger partial charge in [0.05, 0.1) is 0 Å². The lowest BCUT2D eigenvalue weighted by atomic mass is 10.0. The molecule has 5 nitrogen and oxygen atoms in total. The molecule has 0 radical (unpaired) electrons. The molecule has 0 aromatic carbocycles. The van der Waals surface area contributed by atoms with Crippen molar-refractivity contribution in [2.24, 2.45) is 0 Å². The quantitative estimate of drug-likeness (QED) is 0.732. The highest BCUT2D eigenvalue weighted by Crippen LogP contribution is 2.19. The number of aliphatic hydroxyl groups is 1. The van der Waals surface area contributed by atoms with Gasteiger partial charge in [-0.15, -0.1) is 0 Å². The van der Waals surface area contributed by atoms with E-state index in [1.165, 1.54) is 14.2 Å². The van der Waals surface area contributed by atoms with Gasteiger partial charge in [0.2, 0.25) is 0 Å². The summed E-state index contributed by atoms with van der Waals surface area (Å²) >= 11 is 0. The molecule has 1 rings (SSSR count). The standard InChI is InChI=1S/C11H20N2O3/c1-5-13-7-6-12-9(13)8-11(2,14)10(15-3)16-4/h6-7,10,14H,5,8H2,1-4H3. The number of methoxy groups -OCH3 is 2. The van der Waals surface area contributed by atoms with Gasteiger partial charge in [0.15, 0.2) is 6.29 Å². The maximum Gasteiger partial charge on any atom is 0.185 e. The third kappa shape index (κ3) is 2.81. The monoisotopic (exact) mass is 228 g/mol. The third-order valence-corrected chi connectivity index (χ3v) is 2.59. The fourth-order valence-corrected chi connectivity index (χ4v) is 1.80. The Morgan fingerprint density at radius 2 is 2.12 bits per heavy atom. The van der Waals surface area contributed by atoms with Gasteiger partial charge in [-0.1, -0.05) is 0 Å². The second-order valence-corrected chi connectivity index (χ2v) is 3.97. The fourth-order valence-electron chi connectivity index (χ4n) is 1.80. The highest BCUT2D eigenvalue weighted by atomic mass is 16.7. The third-order valence-electron chi connectivity index (χ3n) is 2.59. The molecule has 1 heterocycles. The Labute approximate surface area is 96.0 Å². The van der Waals surface area contributed by atoms with E-state index in [0.29, 0.717) is 6.42 Å². The molecule has 1 aromatic rings. The molecule has 1 atom stereocenters. The van der Waals surface area contributed by atoms with Crippen LogP contribution < -0.4 is 0 Å². The van der Waals surface area contributed by atoms with E-state index in [9.17, 15) is 5.11 Å². The molecule has 1 aromatic heterocycles. The molecule has 0 bridgehead atoms. The van der Waals surface area contributed by atoms with Gasteiger partial charge < -0.3 is 19.1 Å². The average Bonchev–Trinajstić information content (AvgIpc) is 2.65. The number of hydrogen-bond acceptors (Lipinski definition) is 4. The molecule has 1 N–H and O–H groups in total. The van der Waals surface area contributed by atoms with Crippen molar-refractivity contribution in [1.29, 1.82) is 0 Å². The van der Waals surface area contributed by atoms with E-state index in [1.807, 2.05) is 17.7 Å². The summed E-state index contributed by atoms with van der Waals surface area (Å²) in [4.78, 5) is 4.22. The SMILES string of the molecule is CCn1ccnc1CC(C)(O)C(OC)OC. The summed E-state index contributed by atoms with van der Waals surface area (Å²) in [5.41, 5.74) is -1.10. The smallest absolute Gasteiger partial charge is 0.185 e. The van der Waals surface area contributed by atoms with Crippen molar-refractivity contribution < 1.29 is 14.6 Å². The molecule has 0 saturated carbocycles. The summed E-state index contributed by atoms with van der Waals surface area (Å²) in [5.74, 6) is 0.826. The first kappa shape index (κ1) is 13.2. The number of hydrogen-bond donors (Lipinski definition) is 1. The maximum atomic E-state index is 10.3. The van der Waals surface area contributed by atoms with E-state index in [4.69, 9.17) is 9.47 Å². The van der Waals surface area contributed by atoms with Crippen molar-refractivity contribution in [2.45, 2.75) is 38.7 Å². The van der Waals surface area contributed by atoms with Crippen molar-refractivity contribution in [3.8, 4) is 0 Å². The highest BCUT2D eigenvalue weighted by Gasteiger charge is 2.33. The molecular formula is C11H20N2O3. The topological polar surface area (TPSA) is 56.5 Å². The lowest BCUT2D eigenvalue weighted by molar-refractivity contribution is -0.208. The van der Waals surface area contributed by atoms with Crippen LogP contribution in [0, 0.1) is 0 Å². The first-order chi connectivity index (χ1) is 7.55. The molecule has 0 aliphatic heterocycles. The van der Waals surface area contributed by atoms with Crippen molar-refractivity contribution >= 4 is 0 Å². The van der Waals surface area contributed by atoms with E-state index in [0.717, 1.165) is 12.4 Å². The summed E-state index contributed by atoms with van der Waals surface area (Å²) in [6, 6.07) is 0. The van der Waals surface area contributed by atoms with E-state index >= 15 is 0 Å². The maximum absolute atomic E-state index is 10.3. The molecule has 0 aliphatic rings. The van der Waals surface area contributed by atoms with Gasteiger partial charge in [-0.05, 0) is 13.8 Å². The van der Waals surface area contributed by atoms with Gasteiger partial charge in [0, 0.05) is 39.6 Å². The summed E-state index contributed by atoms with van der Waals surface area (Å²) in [5, 5.41) is 10.3. The zero-order valence-corrected chi connectivity index (χ0v) is 10.3. The van der Waals surface area contributed by atoms with Crippen LogP contribution in [0.4, 0.5) is 0 Å². The lowest BCUT2D eigenvalue weighted by Crippen LogP contribution is -2.44. The van der Waals surface area contributed by atoms with Gasteiger partial charge in [0.25, 0.3) is 0 Å². The number of aromatic nitrogens is 2. The number of imidazole rings is 1. The average molecular weight is 228 g/mol. The van der Waals surface area contributed by atoms with E-state index in [1.54, 1.807) is 13.1 Å². The number of ether oxygens (including phenoxy) is 2.